The Morgan fingerprint density at radius 1 is 1.07 bits per heavy atom. The van der Waals surface area contributed by atoms with E-state index in [1.165, 1.54) is 29.2 Å². The number of primary amides is 1. The lowest BCUT2D eigenvalue weighted by Crippen LogP contribution is -2.64. The smallest absolute Gasteiger partial charge is 0.351 e. The third kappa shape index (κ3) is 5.71. The van der Waals surface area contributed by atoms with Gasteiger partial charge in [0.1, 0.15) is 12.1 Å². The number of fused-ring (bicyclic) bond motifs is 2. The number of likely N-dealkylation sites (tertiary alicyclic amines) is 1. The van der Waals surface area contributed by atoms with Crippen LogP contribution in [-0.2, 0) is 14.2 Å². The molecule has 1 aromatic carbocycles. The molecular formula is C25H31FN5O7PS. The Bertz CT molecular complexity index is 1390. The Labute approximate surface area is 233 Å². The van der Waals surface area contributed by atoms with Gasteiger partial charge in [0.2, 0.25) is 17.7 Å². The number of carbonyl (C=O) groups is 4. The minimum absolute atomic E-state index is 0.100. The Balaban J connectivity index is 1.28. The predicted molar refractivity (Wildman–Crippen MR) is 144 cm³/mol. The Morgan fingerprint density at radius 2 is 1.80 bits per heavy atom. The van der Waals surface area contributed by atoms with Crippen LogP contribution in [0, 0.1) is 0 Å². The van der Waals surface area contributed by atoms with Gasteiger partial charge < -0.3 is 36.0 Å². The van der Waals surface area contributed by atoms with Crippen molar-refractivity contribution in [3.05, 3.63) is 34.7 Å². The quantitative estimate of drug-likeness (QED) is 0.316. The van der Waals surface area contributed by atoms with Crippen LogP contribution in [0.2, 0.25) is 0 Å². The fourth-order valence-electron chi connectivity index (χ4n) is 5.72. The fourth-order valence-corrected chi connectivity index (χ4v) is 7.21. The second-order valence-electron chi connectivity index (χ2n) is 10.6. The lowest BCUT2D eigenvalue weighted by Gasteiger charge is -2.40. The maximum atomic E-state index is 14.2. The van der Waals surface area contributed by atoms with Gasteiger partial charge in [0, 0.05) is 23.8 Å². The summed E-state index contributed by atoms with van der Waals surface area (Å²) in [5.41, 5.74) is 5.06. The van der Waals surface area contributed by atoms with E-state index in [2.05, 4.69) is 10.6 Å². The molecule has 0 saturated carbocycles. The minimum Gasteiger partial charge on any atom is -0.351 e. The van der Waals surface area contributed by atoms with Crippen molar-refractivity contribution < 1.29 is 37.9 Å². The lowest BCUT2D eigenvalue weighted by molar-refractivity contribution is -0.143. The average molecular weight is 596 g/mol. The SMILES string of the molecule is NC(=O)N1CC(NC(=O)[C@@H]2CC[C@@H]3CCCC[C@H](NC(=O)c4cc5cc(C(F)P(=O)(O)O)ccc5s4)C(=O)N32)C1. The number of carbonyl (C=O) groups excluding carboxylic acids is 4. The molecule has 5 amide bonds. The van der Waals surface area contributed by atoms with Gasteiger partial charge in [-0.15, -0.1) is 11.3 Å². The highest BCUT2D eigenvalue weighted by molar-refractivity contribution is 7.51. The van der Waals surface area contributed by atoms with Crippen LogP contribution in [-0.4, -0.2) is 80.6 Å². The van der Waals surface area contributed by atoms with Crippen molar-refractivity contribution >= 4 is 52.8 Å². The van der Waals surface area contributed by atoms with Crippen molar-refractivity contribution in [3.8, 4) is 0 Å². The van der Waals surface area contributed by atoms with E-state index in [9.17, 15) is 28.1 Å². The molecule has 4 atom stereocenters. The van der Waals surface area contributed by atoms with Crippen LogP contribution in [0.4, 0.5) is 9.18 Å². The fraction of sp³-hybridized carbons (Fsp3) is 0.520. The first-order chi connectivity index (χ1) is 18.9. The molecule has 0 radical (unpaired) electrons. The zero-order chi connectivity index (χ0) is 28.8. The molecule has 2 aromatic rings. The Kier molecular flexibility index (Phi) is 7.88. The van der Waals surface area contributed by atoms with Crippen molar-refractivity contribution in [3.63, 3.8) is 0 Å². The van der Waals surface area contributed by atoms with Crippen molar-refractivity contribution in [1.29, 1.82) is 0 Å². The van der Waals surface area contributed by atoms with Crippen LogP contribution < -0.4 is 16.4 Å². The summed E-state index contributed by atoms with van der Waals surface area (Å²) in [4.78, 5) is 72.9. The van der Waals surface area contributed by atoms with Gasteiger partial charge in [0.05, 0.1) is 10.9 Å². The maximum Gasteiger partial charge on any atom is 0.363 e. The van der Waals surface area contributed by atoms with Gasteiger partial charge in [0.25, 0.3) is 5.91 Å². The van der Waals surface area contributed by atoms with Crippen molar-refractivity contribution in [2.75, 3.05) is 13.1 Å². The highest BCUT2D eigenvalue weighted by Crippen LogP contribution is 2.53. The van der Waals surface area contributed by atoms with E-state index in [1.54, 1.807) is 4.90 Å². The summed E-state index contributed by atoms with van der Waals surface area (Å²) in [6, 6.07) is 3.22. The largest absolute Gasteiger partial charge is 0.363 e. The number of thiophene rings is 1. The maximum absolute atomic E-state index is 14.2. The summed E-state index contributed by atoms with van der Waals surface area (Å²) in [5.74, 6) is -3.55. The zero-order valence-electron chi connectivity index (χ0n) is 21.5. The highest BCUT2D eigenvalue weighted by Gasteiger charge is 2.45. The summed E-state index contributed by atoms with van der Waals surface area (Å²) < 4.78 is 26.1. The molecule has 15 heteroatoms. The van der Waals surface area contributed by atoms with E-state index in [1.807, 2.05) is 0 Å². The van der Waals surface area contributed by atoms with Gasteiger partial charge in [0.15, 0.2) is 0 Å². The molecule has 0 spiro atoms. The van der Waals surface area contributed by atoms with E-state index < -0.39 is 37.5 Å². The standard InChI is InChI=1S/C25H31FN5O7PS/c26-21(39(36,37)38)13-5-8-19-14(9-13)10-20(40-19)23(33)29-17-4-2-1-3-16-6-7-18(31(16)24(17)34)22(32)28-15-11-30(12-15)25(27)35/h5,8-10,15-18,21H,1-4,6-7,11-12H2,(H2,27,35)(H,28,32)(H,29,33)(H2,36,37,38)/t16-,17-,18-,21?/m0/s1. The topological polar surface area (TPSA) is 182 Å². The number of halogens is 1. The molecule has 1 aromatic heterocycles. The Morgan fingerprint density at radius 3 is 2.50 bits per heavy atom. The van der Waals surface area contributed by atoms with Gasteiger partial charge in [-0.1, -0.05) is 18.9 Å². The van der Waals surface area contributed by atoms with Crippen molar-refractivity contribution in [2.24, 2.45) is 5.73 Å². The van der Waals surface area contributed by atoms with Crippen molar-refractivity contribution in [2.45, 2.75) is 68.6 Å². The molecule has 0 bridgehead atoms. The highest BCUT2D eigenvalue weighted by atomic mass is 32.1. The predicted octanol–water partition coefficient (Wildman–Crippen LogP) is 1.96. The molecule has 40 heavy (non-hydrogen) atoms. The first-order valence-electron chi connectivity index (χ1n) is 13.1. The molecule has 12 nitrogen and oxygen atoms in total. The van der Waals surface area contributed by atoms with Crippen LogP contribution in [0.5, 0.6) is 0 Å². The Hall–Kier alpha value is -3.06. The summed E-state index contributed by atoms with van der Waals surface area (Å²) in [6.07, 6.45) is 3.97. The van der Waals surface area contributed by atoms with E-state index in [-0.39, 0.29) is 34.3 Å². The van der Waals surface area contributed by atoms with Crippen LogP contribution in [0.3, 0.4) is 0 Å². The van der Waals surface area contributed by atoms with Gasteiger partial charge >= 0.3 is 13.6 Å². The second-order valence-corrected chi connectivity index (χ2v) is 13.3. The third-order valence-electron chi connectivity index (χ3n) is 7.82. The second kappa shape index (κ2) is 11.1. The molecule has 4 heterocycles. The van der Waals surface area contributed by atoms with Crippen LogP contribution in [0.25, 0.3) is 10.1 Å². The molecule has 1 unspecified atom stereocenters. The van der Waals surface area contributed by atoms with Gasteiger partial charge in [-0.05, 0) is 54.8 Å². The number of nitrogens with one attached hydrogen (secondary N) is 2. The summed E-state index contributed by atoms with van der Waals surface area (Å²) in [5, 5.41) is 6.18. The van der Waals surface area contributed by atoms with E-state index in [0.29, 0.717) is 42.4 Å². The summed E-state index contributed by atoms with van der Waals surface area (Å²) >= 11 is 1.12. The van der Waals surface area contributed by atoms with E-state index >= 15 is 0 Å². The molecule has 0 aliphatic carbocycles. The normalized spacial score (nSPS) is 24.6. The van der Waals surface area contributed by atoms with Crippen molar-refractivity contribution in [1.82, 2.24) is 20.4 Å². The number of benzene rings is 1. The zero-order valence-corrected chi connectivity index (χ0v) is 23.2. The molecule has 216 valence electrons. The van der Waals surface area contributed by atoms with Gasteiger partial charge in [-0.3, -0.25) is 18.9 Å². The number of hydrogen-bond donors (Lipinski definition) is 5. The number of urea groups is 1. The number of amides is 5. The monoisotopic (exact) mass is 595 g/mol. The van der Waals surface area contributed by atoms with Crippen LogP contribution in [0.1, 0.15) is 59.7 Å². The molecule has 5 rings (SSSR count). The third-order valence-corrected chi connectivity index (χ3v) is 9.82. The number of nitrogens with two attached hydrogens (primary N) is 1. The number of nitrogens with zero attached hydrogens (tertiary/aromatic N) is 2. The van der Waals surface area contributed by atoms with Gasteiger partial charge in [-0.25, -0.2) is 9.18 Å². The molecular weight excluding hydrogens is 564 g/mol. The van der Waals surface area contributed by atoms with E-state index in [4.69, 9.17) is 15.5 Å². The molecule has 3 fully saturated rings. The number of hydrogen-bond acceptors (Lipinski definition) is 6. The first-order valence-corrected chi connectivity index (χ1v) is 15.6. The van der Waals surface area contributed by atoms with E-state index in [0.717, 1.165) is 30.6 Å². The number of rotatable bonds is 6. The van der Waals surface area contributed by atoms with Crippen LogP contribution in [0.15, 0.2) is 24.3 Å². The van der Waals surface area contributed by atoms with Gasteiger partial charge in [-0.2, -0.15) is 0 Å². The van der Waals surface area contributed by atoms with Crippen LogP contribution >= 0.6 is 18.9 Å². The lowest BCUT2D eigenvalue weighted by atomic mass is 9.99. The minimum atomic E-state index is -4.98. The number of alkyl halides is 1. The average Bonchev–Trinajstić information content (AvgIpc) is 3.48. The molecule has 3 aliphatic rings. The molecule has 3 saturated heterocycles. The summed E-state index contributed by atoms with van der Waals surface area (Å²) in [6.45, 7) is 0.650. The first kappa shape index (κ1) is 28.5. The molecule has 6 N–H and O–H groups in total. The summed E-state index contributed by atoms with van der Waals surface area (Å²) in [7, 11) is -4.98. The molecule has 3 aliphatic heterocycles.